The van der Waals surface area contributed by atoms with Gasteiger partial charge >= 0.3 is 11.9 Å². The Hall–Kier alpha value is -1.83. The van der Waals surface area contributed by atoms with Crippen LogP contribution in [0, 0.1) is 11.8 Å². The van der Waals surface area contributed by atoms with Crippen LogP contribution in [0.3, 0.4) is 0 Å². The van der Waals surface area contributed by atoms with Crippen LogP contribution in [-0.2, 0) is 28.5 Å². The van der Waals surface area contributed by atoms with Gasteiger partial charge in [-0.1, -0.05) is 19.0 Å². The minimum Gasteiger partial charge on any atom is -0.463 e. The molecule has 0 aromatic carbocycles. The molecule has 0 N–H and O–H groups in total. The fraction of sp³-hybridized carbons (Fsp3) is 0.867. The SMILES string of the molecule is CC(=O)OCC1OC(OCCCN=[N+]=[N-])C(OC(C)=O)C(C)C1C. The average molecular weight is 343 g/mol. The Morgan fingerprint density at radius 3 is 2.50 bits per heavy atom. The molecule has 0 radical (unpaired) electrons. The number of hydrogen-bond donors (Lipinski definition) is 0. The van der Waals surface area contributed by atoms with Crippen LogP contribution in [-0.4, -0.2) is 50.2 Å². The van der Waals surface area contributed by atoms with E-state index < -0.39 is 18.4 Å². The standard InChI is InChI=1S/C15H25N3O6/c1-9-10(2)14(23-12(4)20)15(21-7-5-6-17-18-16)24-13(9)8-22-11(3)19/h9-10,13-15H,5-8H2,1-4H3. The van der Waals surface area contributed by atoms with Crippen molar-refractivity contribution < 1.29 is 28.5 Å². The Bertz CT molecular complexity index is 478. The van der Waals surface area contributed by atoms with Gasteiger partial charge in [-0.25, -0.2) is 0 Å². The minimum absolute atomic E-state index is 0.0109. The Labute approximate surface area is 141 Å². The van der Waals surface area contributed by atoms with Gasteiger partial charge in [0.2, 0.25) is 0 Å². The Balaban J connectivity index is 2.71. The lowest BCUT2D eigenvalue weighted by Crippen LogP contribution is -2.53. The van der Waals surface area contributed by atoms with Gasteiger partial charge in [0.25, 0.3) is 0 Å². The first-order valence-electron chi connectivity index (χ1n) is 7.95. The van der Waals surface area contributed by atoms with Crippen LogP contribution >= 0.6 is 0 Å². The normalized spacial score (nSPS) is 29.4. The van der Waals surface area contributed by atoms with Gasteiger partial charge in [0.05, 0.1) is 12.7 Å². The van der Waals surface area contributed by atoms with E-state index in [1.807, 2.05) is 13.8 Å². The summed E-state index contributed by atoms with van der Waals surface area (Å²) in [4.78, 5) is 25.1. The lowest BCUT2D eigenvalue weighted by Gasteiger charge is -2.43. The van der Waals surface area contributed by atoms with E-state index >= 15 is 0 Å². The number of nitrogens with zero attached hydrogens (tertiary/aromatic N) is 3. The minimum atomic E-state index is -0.758. The van der Waals surface area contributed by atoms with Crippen molar-refractivity contribution in [3.8, 4) is 0 Å². The number of hydrogen-bond acceptors (Lipinski definition) is 7. The molecule has 1 heterocycles. The molecule has 1 saturated heterocycles. The Kier molecular flexibility index (Phi) is 8.53. The highest BCUT2D eigenvalue weighted by Crippen LogP contribution is 2.33. The number of carbonyl (C=O) groups excluding carboxylic acids is 2. The number of esters is 2. The van der Waals surface area contributed by atoms with Crippen LogP contribution in [0.5, 0.6) is 0 Å². The smallest absolute Gasteiger partial charge is 0.303 e. The number of azide groups is 1. The zero-order chi connectivity index (χ0) is 18.1. The quantitative estimate of drug-likeness (QED) is 0.219. The molecule has 24 heavy (non-hydrogen) atoms. The molecule has 0 amide bonds. The van der Waals surface area contributed by atoms with Crippen molar-refractivity contribution in [3.63, 3.8) is 0 Å². The second-order valence-electron chi connectivity index (χ2n) is 5.82. The van der Waals surface area contributed by atoms with E-state index in [4.69, 9.17) is 24.5 Å². The van der Waals surface area contributed by atoms with Crippen LogP contribution in [0.4, 0.5) is 0 Å². The van der Waals surface area contributed by atoms with Crippen molar-refractivity contribution >= 4 is 11.9 Å². The van der Waals surface area contributed by atoms with Gasteiger partial charge in [-0.05, 0) is 17.9 Å². The molecule has 5 atom stereocenters. The maximum Gasteiger partial charge on any atom is 0.303 e. The second kappa shape index (κ2) is 10.1. The van der Waals surface area contributed by atoms with E-state index in [1.54, 1.807) is 0 Å². The van der Waals surface area contributed by atoms with E-state index in [2.05, 4.69) is 10.0 Å². The summed E-state index contributed by atoms with van der Waals surface area (Å²) in [5, 5.41) is 3.43. The van der Waals surface area contributed by atoms with Crippen LogP contribution in [0.2, 0.25) is 0 Å². The Morgan fingerprint density at radius 2 is 1.92 bits per heavy atom. The van der Waals surface area contributed by atoms with Crippen LogP contribution in [0.1, 0.15) is 34.1 Å². The summed E-state index contributed by atoms with van der Waals surface area (Å²) in [6.07, 6.45) is -1.13. The fourth-order valence-electron chi connectivity index (χ4n) is 2.52. The van der Waals surface area contributed by atoms with Gasteiger partial charge in [-0.2, -0.15) is 0 Å². The molecule has 1 aliphatic heterocycles. The first-order valence-corrected chi connectivity index (χ1v) is 7.95. The van der Waals surface area contributed by atoms with Gasteiger partial charge in [0.1, 0.15) is 6.61 Å². The molecule has 1 fully saturated rings. The lowest BCUT2D eigenvalue weighted by atomic mass is 9.83. The summed E-state index contributed by atoms with van der Waals surface area (Å²) in [6.45, 7) is 7.29. The zero-order valence-electron chi connectivity index (χ0n) is 14.5. The van der Waals surface area contributed by atoms with E-state index in [0.29, 0.717) is 19.6 Å². The topological polar surface area (TPSA) is 120 Å². The number of carbonyl (C=O) groups is 2. The van der Waals surface area contributed by atoms with Gasteiger partial charge in [-0.3, -0.25) is 9.59 Å². The van der Waals surface area contributed by atoms with E-state index in [0.717, 1.165) is 0 Å². The molecule has 0 bridgehead atoms. The fourth-order valence-corrected chi connectivity index (χ4v) is 2.52. The second-order valence-corrected chi connectivity index (χ2v) is 5.82. The van der Waals surface area contributed by atoms with Gasteiger partial charge < -0.3 is 18.9 Å². The third kappa shape index (κ3) is 6.35. The van der Waals surface area contributed by atoms with Gasteiger partial charge in [0, 0.05) is 31.2 Å². The van der Waals surface area contributed by atoms with E-state index in [1.165, 1.54) is 13.8 Å². The first-order chi connectivity index (χ1) is 11.4. The van der Waals surface area contributed by atoms with Crippen molar-refractivity contribution in [1.82, 2.24) is 0 Å². The maximum atomic E-state index is 11.4. The summed E-state index contributed by atoms with van der Waals surface area (Å²) >= 11 is 0. The molecule has 5 unspecified atom stereocenters. The van der Waals surface area contributed by atoms with Crippen molar-refractivity contribution in [1.29, 1.82) is 0 Å². The molecule has 0 aromatic rings. The highest BCUT2D eigenvalue weighted by molar-refractivity contribution is 5.66. The van der Waals surface area contributed by atoms with E-state index in [9.17, 15) is 9.59 Å². The molecule has 9 heteroatoms. The third-order valence-electron chi connectivity index (χ3n) is 4.01. The van der Waals surface area contributed by atoms with Gasteiger partial charge in [-0.15, -0.1) is 0 Å². The molecule has 136 valence electrons. The average Bonchev–Trinajstić information content (AvgIpc) is 2.51. The molecule has 9 nitrogen and oxygen atoms in total. The molecule has 0 saturated carbocycles. The van der Waals surface area contributed by atoms with Crippen LogP contribution in [0.25, 0.3) is 10.4 Å². The summed E-state index contributed by atoms with van der Waals surface area (Å²) in [7, 11) is 0. The molecular weight excluding hydrogens is 318 g/mol. The zero-order valence-corrected chi connectivity index (χ0v) is 14.5. The van der Waals surface area contributed by atoms with Crippen LogP contribution in [0.15, 0.2) is 5.11 Å². The van der Waals surface area contributed by atoms with Crippen molar-refractivity contribution in [2.24, 2.45) is 17.0 Å². The first kappa shape index (κ1) is 20.2. The maximum absolute atomic E-state index is 11.4. The molecule has 0 aliphatic carbocycles. The monoisotopic (exact) mass is 343 g/mol. The highest BCUT2D eigenvalue weighted by Gasteiger charge is 2.44. The lowest BCUT2D eigenvalue weighted by molar-refractivity contribution is -0.280. The third-order valence-corrected chi connectivity index (χ3v) is 4.01. The molecule has 1 aliphatic rings. The summed E-state index contributed by atoms with van der Waals surface area (Å²) in [5.41, 5.74) is 8.25. The predicted octanol–water partition coefficient (Wildman–Crippen LogP) is 2.20. The van der Waals surface area contributed by atoms with Crippen molar-refractivity contribution in [2.75, 3.05) is 19.8 Å². The summed E-state index contributed by atoms with van der Waals surface area (Å²) < 4.78 is 21.9. The largest absolute Gasteiger partial charge is 0.463 e. The number of ether oxygens (including phenoxy) is 4. The van der Waals surface area contributed by atoms with Crippen LogP contribution < -0.4 is 0 Å². The molecule has 0 spiro atoms. The van der Waals surface area contributed by atoms with Crippen molar-refractivity contribution in [3.05, 3.63) is 10.4 Å². The van der Waals surface area contributed by atoms with Gasteiger partial charge in [0.15, 0.2) is 12.4 Å². The molecular formula is C15H25N3O6. The summed E-state index contributed by atoms with van der Waals surface area (Å²) in [5.74, 6) is -0.821. The summed E-state index contributed by atoms with van der Waals surface area (Å²) in [6, 6.07) is 0. The predicted molar refractivity (Wildman–Crippen MR) is 83.8 cm³/mol. The van der Waals surface area contributed by atoms with E-state index in [-0.39, 0.29) is 30.5 Å². The Morgan fingerprint density at radius 1 is 1.21 bits per heavy atom. The highest BCUT2D eigenvalue weighted by atomic mass is 16.7. The molecule has 1 rings (SSSR count). The molecule has 0 aromatic heterocycles. The van der Waals surface area contributed by atoms with Crippen molar-refractivity contribution in [2.45, 2.75) is 52.6 Å². The number of rotatable bonds is 8.